The second-order valence-electron chi connectivity index (χ2n) is 9.93. The molecule has 0 aliphatic carbocycles. The van der Waals surface area contributed by atoms with Crippen molar-refractivity contribution in [1.29, 1.82) is 0 Å². The molecule has 1 heterocycles. The van der Waals surface area contributed by atoms with Crippen LogP contribution in [0.5, 0.6) is 0 Å². The molecule has 0 radical (unpaired) electrons. The lowest BCUT2D eigenvalue weighted by Crippen LogP contribution is -2.49. The number of aliphatic carboxylic acids is 1. The first-order valence-corrected chi connectivity index (χ1v) is 15.6. The van der Waals surface area contributed by atoms with Gasteiger partial charge in [-0.25, -0.2) is 9.59 Å². The van der Waals surface area contributed by atoms with Crippen LogP contribution in [0, 0.1) is 0 Å². The first-order valence-electron chi connectivity index (χ1n) is 13.9. The monoisotopic (exact) mass is 649 g/mol. The Morgan fingerprint density at radius 2 is 1.52 bits per heavy atom. The number of unbranched alkanes of at least 4 members (excludes halogenated alkanes) is 1. The standard InChI is InChI=1S/C25H40N5O13P/c1-15(25(38)39)43-44(40,41)17(3)28-24(37)18(7-4-5-13-26-16(2)31)29-20(33)12-14-27-19(32)8-6-9-23(36)42-30-21(34)10-11-22(30)35/h15,17-18H,4-14H2,1-3H3,(H,26,31)(H,27,32)(H,28,37)(H,29,33)(H,38,39)(H,40,41)/t15-,17-,18+/m1/s1. The second-order valence-corrected chi connectivity index (χ2v) is 12.0. The zero-order valence-corrected chi connectivity index (χ0v) is 25.7. The molecule has 6 amide bonds. The number of nitrogens with one attached hydrogen (secondary N) is 4. The largest absolute Gasteiger partial charge is 0.479 e. The van der Waals surface area contributed by atoms with Crippen molar-refractivity contribution in [2.45, 2.75) is 96.5 Å². The lowest BCUT2D eigenvalue weighted by molar-refractivity contribution is -0.197. The summed E-state index contributed by atoms with van der Waals surface area (Å²) in [7, 11) is -4.61. The van der Waals surface area contributed by atoms with Crippen LogP contribution in [-0.2, 0) is 52.3 Å². The molecule has 0 bridgehead atoms. The van der Waals surface area contributed by atoms with Crippen LogP contribution in [0.1, 0.15) is 78.6 Å². The van der Waals surface area contributed by atoms with Crippen molar-refractivity contribution in [2.24, 2.45) is 0 Å². The fourth-order valence-corrected chi connectivity index (χ4v) is 4.64. The Kier molecular flexibility index (Phi) is 16.2. The van der Waals surface area contributed by atoms with Crippen LogP contribution in [0.25, 0.3) is 0 Å². The second kappa shape index (κ2) is 18.7. The predicted octanol–water partition coefficient (Wildman–Crippen LogP) is -0.801. The maximum atomic E-state index is 12.9. The van der Waals surface area contributed by atoms with E-state index >= 15 is 0 Å². The van der Waals surface area contributed by atoms with Crippen molar-refractivity contribution in [3.63, 3.8) is 0 Å². The van der Waals surface area contributed by atoms with Crippen LogP contribution in [0.3, 0.4) is 0 Å². The van der Waals surface area contributed by atoms with Gasteiger partial charge in [-0.2, -0.15) is 0 Å². The first kappa shape index (κ1) is 38.1. The Hall–Kier alpha value is -3.89. The van der Waals surface area contributed by atoms with Crippen molar-refractivity contribution < 1.29 is 62.3 Å². The molecule has 0 aromatic heterocycles. The van der Waals surface area contributed by atoms with E-state index in [0.29, 0.717) is 24.4 Å². The third-order valence-corrected chi connectivity index (χ3v) is 7.83. The molecular weight excluding hydrogens is 609 g/mol. The normalized spacial score (nSPS) is 16.2. The lowest BCUT2D eigenvalue weighted by Gasteiger charge is -2.25. The molecule has 1 saturated heterocycles. The molecule has 248 valence electrons. The fraction of sp³-hybridized carbons (Fsp3) is 0.680. The predicted molar refractivity (Wildman–Crippen MR) is 149 cm³/mol. The zero-order valence-electron chi connectivity index (χ0n) is 24.8. The van der Waals surface area contributed by atoms with Gasteiger partial charge in [0.25, 0.3) is 11.8 Å². The third-order valence-electron chi connectivity index (χ3n) is 6.10. The number of rotatable bonds is 20. The minimum atomic E-state index is -4.61. The van der Waals surface area contributed by atoms with E-state index in [9.17, 15) is 47.8 Å². The molecule has 0 saturated carbocycles. The van der Waals surface area contributed by atoms with Crippen LogP contribution in [0.4, 0.5) is 0 Å². The number of hydroxylamine groups is 2. The van der Waals surface area contributed by atoms with Crippen molar-refractivity contribution >= 4 is 55.0 Å². The van der Waals surface area contributed by atoms with Crippen molar-refractivity contribution in [2.75, 3.05) is 13.1 Å². The zero-order chi connectivity index (χ0) is 33.4. The van der Waals surface area contributed by atoms with E-state index in [1.807, 2.05) is 0 Å². The van der Waals surface area contributed by atoms with Gasteiger partial charge in [0.05, 0.1) is 0 Å². The number of nitrogens with zero attached hydrogens (tertiary/aromatic N) is 1. The van der Waals surface area contributed by atoms with Crippen molar-refractivity contribution in [3.05, 3.63) is 0 Å². The van der Waals surface area contributed by atoms with E-state index in [4.69, 9.17) is 9.94 Å². The number of hydrogen-bond donors (Lipinski definition) is 6. The summed E-state index contributed by atoms with van der Waals surface area (Å²) in [5.74, 6) is -7.28. The summed E-state index contributed by atoms with van der Waals surface area (Å²) in [6.07, 6.45) is -1.32. The summed E-state index contributed by atoms with van der Waals surface area (Å²) in [5.41, 5.74) is 0. The summed E-state index contributed by atoms with van der Waals surface area (Å²) < 4.78 is 17.1. The molecule has 1 aliphatic heterocycles. The average Bonchev–Trinajstić information content (AvgIpc) is 3.23. The van der Waals surface area contributed by atoms with Crippen molar-refractivity contribution in [3.8, 4) is 0 Å². The van der Waals surface area contributed by atoms with Gasteiger partial charge in [-0.1, -0.05) is 0 Å². The minimum absolute atomic E-state index is 0.0428. The maximum Gasteiger partial charge on any atom is 0.350 e. The SMILES string of the molecule is CC(=O)NCCCC[C@H](NC(=O)CCNC(=O)CCCC(=O)ON1C(=O)CCC1=O)C(=O)N[C@@H](C)P(=O)(O)O[C@H](C)C(=O)O. The number of carbonyl (C=O) groups is 8. The van der Waals surface area contributed by atoms with E-state index < -0.39 is 67.0 Å². The van der Waals surface area contributed by atoms with Crippen LogP contribution >= 0.6 is 7.60 Å². The van der Waals surface area contributed by atoms with E-state index in [-0.39, 0.29) is 57.4 Å². The van der Waals surface area contributed by atoms with Crippen molar-refractivity contribution in [1.82, 2.24) is 26.3 Å². The van der Waals surface area contributed by atoms with Gasteiger partial charge in [0.15, 0.2) is 6.10 Å². The Balaban J connectivity index is 2.56. The molecule has 1 fully saturated rings. The van der Waals surface area contributed by atoms with E-state index in [1.54, 1.807) is 0 Å². The Bertz CT molecular complexity index is 1130. The van der Waals surface area contributed by atoms with E-state index in [0.717, 1.165) is 13.8 Å². The Morgan fingerprint density at radius 3 is 2.11 bits per heavy atom. The topological polar surface area (TPSA) is 264 Å². The molecule has 19 heteroatoms. The average molecular weight is 650 g/mol. The Labute approximate surface area is 253 Å². The minimum Gasteiger partial charge on any atom is -0.479 e. The fourth-order valence-electron chi connectivity index (χ4n) is 3.63. The van der Waals surface area contributed by atoms with Gasteiger partial charge in [-0.05, 0) is 39.5 Å². The van der Waals surface area contributed by atoms with Crippen LogP contribution in [0.15, 0.2) is 0 Å². The highest BCUT2D eigenvalue weighted by Crippen LogP contribution is 2.47. The quantitative estimate of drug-likeness (QED) is 0.0537. The summed E-state index contributed by atoms with van der Waals surface area (Å²) in [6.45, 7) is 3.73. The smallest absolute Gasteiger partial charge is 0.350 e. The van der Waals surface area contributed by atoms with Crippen LogP contribution in [-0.4, -0.2) is 93.5 Å². The number of imide groups is 1. The summed E-state index contributed by atoms with van der Waals surface area (Å²) in [4.78, 5) is 109. The van der Waals surface area contributed by atoms with Crippen LogP contribution in [0.2, 0.25) is 0 Å². The van der Waals surface area contributed by atoms with Gasteiger partial charge in [0, 0.05) is 52.1 Å². The van der Waals surface area contributed by atoms with Gasteiger partial charge < -0.3 is 36.1 Å². The molecular formula is C25H40N5O13P. The highest BCUT2D eigenvalue weighted by atomic mass is 31.2. The summed E-state index contributed by atoms with van der Waals surface area (Å²) in [5, 5.41) is 19.2. The molecule has 6 N–H and O–H groups in total. The van der Waals surface area contributed by atoms with E-state index in [2.05, 4.69) is 25.8 Å². The van der Waals surface area contributed by atoms with E-state index in [1.165, 1.54) is 6.92 Å². The molecule has 44 heavy (non-hydrogen) atoms. The number of amides is 6. The molecule has 1 rings (SSSR count). The summed E-state index contributed by atoms with van der Waals surface area (Å²) >= 11 is 0. The molecule has 18 nitrogen and oxygen atoms in total. The van der Waals surface area contributed by atoms with Crippen LogP contribution < -0.4 is 21.3 Å². The van der Waals surface area contributed by atoms with Gasteiger partial charge >= 0.3 is 19.5 Å². The number of carboxylic acids is 1. The third kappa shape index (κ3) is 14.5. The van der Waals surface area contributed by atoms with Gasteiger partial charge in [0.1, 0.15) is 11.8 Å². The molecule has 1 unspecified atom stereocenters. The maximum absolute atomic E-state index is 12.9. The number of carbonyl (C=O) groups excluding carboxylic acids is 7. The first-order chi connectivity index (χ1) is 20.5. The molecule has 4 atom stereocenters. The number of hydrogen-bond acceptors (Lipinski definition) is 11. The Morgan fingerprint density at radius 1 is 0.886 bits per heavy atom. The molecule has 0 aromatic carbocycles. The summed E-state index contributed by atoms with van der Waals surface area (Å²) in [6, 6.07) is -1.17. The lowest BCUT2D eigenvalue weighted by atomic mass is 10.1. The molecule has 0 aromatic rings. The van der Waals surface area contributed by atoms with Gasteiger partial charge in [-0.15, -0.1) is 5.06 Å². The molecule has 0 spiro atoms. The van der Waals surface area contributed by atoms with Gasteiger partial charge in [0.2, 0.25) is 23.6 Å². The van der Waals surface area contributed by atoms with Gasteiger partial charge in [-0.3, -0.25) is 37.9 Å². The highest BCUT2D eigenvalue weighted by molar-refractivity contribution is 7.53. The highest BCUT2D eigenvalue weighted by Gasteiger charge is 2.35. The molecule has 1 aliphatic rings. The number of carboxylic acid groups (broad SMARTS) is 1.